The second kappa shape index (κ2) is 7.39. The summed E-state index contributed by atoms with van der Waals surface area (Å²) in [6, 6.07) is 15.2. The Bertz CT molecular complexity index is 1340. The van der Waals surface area contributed by atoms with Crippen molar-refractivity contribution in [2.45, 2.75) is 26.7 Å². The molecule has 3 aromatic rings. The van der Waals surface area contributed by atoms with E-state index in [4.69, 9.17) is 12.2 Å². The number of rotatable bonds is 1. The lowest BCUT2D eigenvalue weighted by Crippen LogP contribution is -2.44. The van der Waals surface area contributed by atoms with Gasteiger partial charge < -0.3 is 5.11 Å². The van der Waals surface area contributed by atoms with E-state index in [0.717, 1.165) is 37.3 Å². The summed E-state index contributed by atoms with van der Waals surface area (Å²) in [5.41, 5.74) is 3.55. The largest absolute Gasteiger partial charge is 0.387 e. The Morgan fingerprint density at radius 3 is 2.40 bits per heavy atom. The van der Waals surface area contributed by atoms with Crippen LogP contribution in [0.1, 0.15) is 22.6 Å². The second-order valence-electron chi connectivity index (χ2n) is 7.45. The van der Waals surface area contributed by atoms with Gasteiger partial charge in [0.05, 0.1) is 12.0 Å². The number of carbonyl (C=O) groups excluding carboxylic acids is 1. The number of hydrogen-bond acceptors (Lipinski definition) is 6. The van der Waals surface area contributed by atoms with Crippen molar-refractivity contribution in [1.29, 1.82) is 0 Å². The van der Waals surface area contributed by atoms with Crippen molar-refractivity contribution in [1.82, 2.24) is 0 Å². The first-order valence-corrected chi connectivity index (χ1v) is 11.1. The number of Topliss-reactive ketones (excluding diaryl/α,β-unsaturated/α-hetero) is 1. The third-order valence-corrected chi connectivity index (χ3v) is 7.01. The zero-order chi connectivity index (χ0) is 21.2. The molecule has 1 N–H and O–H groups in total. The summed E-state index contributed by atoms with van der Waals surface area (Å²) in [6.07, 6.45) is 2.77. The molecule has 1 saturated carbocycles. The van der Waals surface area contributed by atoms with Gasteiger partial charge in [0.25, 0.3) is 0 Å². The van der Waals surface area contributed by atoms with Gasteiger partial charge in [0.1, 0.15) is 0 Å². The molecule has 6 heteroatoms. The number of thiol groups is 3. The van der Waals surface area contributed by atoms with Gasteiger partial charge in [-0.15, -0.1) is 37.9 Å². The summed E-state index contributed by atoms with van der Waals surface area (Å²) in [6.45, 7) is 0. The average Bonchev–Trinajstić information content (AvgIpc) is 2.72. The molecule has 0 aromatic heterocycles. The second-order valence-corrected chi connectivity index (χ2v) is 9.40. The lowest BCUT2D eigenvalue weighted by Gasteiger charge is -2.38. The van der Waals surface area contributed by atoms with Gasteiger partial charge in [0, 0.05) is 30.7 Å². The third-order valence-electron chi connectivity index (χ3n) is 5.73. The number of aliphatic hydroxyl groups excluding tert-OH is 1. The van der Waals surface area contributed by atoms with Crippen molar-refractivity contribution in [2.24, 2.45) is 0 Å². The van der Waals surface area contributed by atoms with Crippen LogP contribution in [0.15, 0.2) is 74.9 Å². The van der Waals surface area contributed by atoms with Crippen LogP contribution in [-0.2, 0) is 4.79 Å². The van der Waals surface area contributed by atoms with Crippen LogP contribution in [0.2, 0.25) is 0 Å². The molecule has 0 saturated heterocycles. The Kier molecular flexibility index (Phi) is 4.95. The number of aliphatic hydroxyl groups is 1. The Balaban J connectivity index is 1.66. The molecule has 148 valence electrons. The van der Waals surface area contributed by atoms with E-state index >= 15 is 0 Å². The quantitative estimate of drug-likeness (QED) is 0.216. The fourth-order valence-electron chi connectivity index (χ4n) is 4.32. The van der Waals surface area contributed by atoms with Gasteiger partial charge in [-0.25, -0.2) is 0 Å². The van der Waals surface area contributed by atoms with E-state index in [1.807, 2.05) is 54.6 Å². The topological polar surface area (TPSA) is 37.3 Å². The van der Waals surface area contributed by atoms with Crippen LogP contribution in [0.25, 0.3) is 22.4 Å². The Morgan fingerprint density at radius 2 is 1.63 bits per heavy atom. The molecular formula is C24H16O2S4. The highest BCUT2D eigenvalue weighted by Gasteiger charge is 2.48. The number of benzene rings is 3. The van der Waals surface area contributed by atoms with Crippen LogP contribution in [0.4, 0.5) is 0 Å². The molecule has 2 nitrogen and oxygen atoms in total. The molecule has 0 radical (unpaired) electrons. The van der Waals surface area contributed by atoms with Gasteiger partial charge in [-0.3, -0.25) is 4.79 Å². The normalized spacial score (nSPS) is 22.9. The third kappa shape index (κ3) is 3.01. The minimum Gasteiger partial charge on any atom is -0.387 e. The smallest absolute Gasteiger partial charge is 0.172 e. The molecule has 3 aromatic carbocycles. The first-order chi connectivity index (χ1) is 14.4. The Labute approximate surface area is 195 Å². The van der Waals surface area contributed by atoms with Crippen LogP contribution in [0, 0.1) is 0 Å². The molecule has 2 atom stereocenters. The molecule has 2 aliphatic carbocycles. The highest BCUT2D eigenvalue weighted by molar-refractivity contribution is 7.82. The summed E-state index contributed by atoms with van der Waals surface area (Å²) in [5, 5.41) is 13.0. The predicted molar refractivity (Wildman–Crippen MR) is 134 cm³/mol. The van der Waals surface area contributed by atoms with Crippen LogP contribution < -0.4 is 0 Å². The first kappa shape index (κ1) is 20.1. The number of fused-ring (bicyclic) bond motifs is 2. The molecule has 0 heterocycles. The van der Waals surface area contributed by atoms with Gasteiger partial charge in [-0.2, -0.15) is 0 Å². The van der Waals surface area contributed by atoms with E-state index in [2.05, 4.69) is 37.9 Å². The maximum Gasteiger partial charge on any atom is 0.172 e. The van der Waals surface area contributed by atoms with Crippen LogP contribution >= 0.6 is 50.1 Å². The summed E-state index contributed by atoms with van der Waals surface area (Å²) in [7, 11) is 0. The van der Waals surface area contributed by atoms with E-state index in [9.17, 15) is 9.90 Å². The molecule has 0 aliphatic heterocycles. The molecule has 0 spiro atoms. The Hall–Kier alpha value is -1.83. The van der Waals surface area contributed by atoms with Crippen LogP contribution in [0.3, 0.4) is 0 Å². The SMILES string of the molecule is O=C1C(=C2C(=S)C=Cc3cc(S)ccc32)C(O)C1c1c(S)ccc2cc(S)ccc12. The number of allylic oxidation sites excluding steroid dienone is 2. The van der Waals surface area contributed by atoms with Gasteiger partial charge >= 0.3 is 0 Å². The van der Waals surface area contributed by atoms with Crippen molar-refractivity contribution in [3.8, 4) is 0 Å². The van der Waals surface area contributed by atoms with Gasteiger partial charge in [0.15, 0.2) is 5.78 Å². The number of carbonyl (C=O) groups is 1. The standard InChI is InChI=1S/C24H16O2S4/c25-23-21(19-15-5-3-13(27)9-11(15)1-7-17(19)29)24(26)22(23)20-16-6-4-14(28)10-12(16)2-8-18(20)30/h1-10,21,23,25,27-29H. The molecule has 0 amide bonds. The molecule has 1 fully saturated rings. The first-order valence-electron chi connectivity index (χ1n) is 9.33. The summed E-state index contributed by atoms with van der Waals surface area (Å²) in [5.74, 6) is -0.787. The van der Waals surface area contributed by atoms with Gasteiger partial charge in [-0.1, -0.05) is 36.5 Å². The highest BCUT2D eigenvalue weighted by atomic mass is 32.1. The van der Waals surface area contributed by atoms with E-state index in [1.54, 1.807) is 6.08 Å². The van der Waals surface area contributed by atoms with E-state index < -0.39 is 12.0 Å². The van der Waals surface area contributed by atoms with Crippen LogP contribution in [-0.4, -0.2) is 21.9 Å². The Morgan fingerprint density at radius 1 is 0.900 bits per heavy atom. The van der Waals surface area contributed by atoms with Crippen molar-refractivity contribution in [3.05, 3.63) is 76.9 Å². The minimum absolute atomic E-state index is 0.117. The van der Waals surface area contributed by atoms with E-state index in [0.29, 0.717) is 20.9 Å². The number of hydrogen-bond donors (Lipinski definition) is 4. The van der Waals surface area contributed by atoms with Crippen molar-refractivity contribution < 1.29 is 9.90 Å². The van der Waals surface area contributed by atoms with Crippen LogP contribution in [0.5, 0.6) is 0 Å². The van der Waals surface area contributed by atoms with Crippen molar-refractivity contribution in [3.63, 3.8) is 0 Å². The maximum atomic E-state index is 13.4. The molecule has 0 bridgehead atoms. The molecule has 2 unspecified atom stereocenters. The predicted octanol–water partition coefficient (Wildman–Crippen LogP) is 5.58. The van der Waals surface area contributed by atoms with Gasteiger partial charge in [0.2, 0.25) is 0 Å². The molecule has 2 aliphatic rings. The van der Waals surface area contributed by atoms with E-state index in [1.165, 1.54) is 0 Å². The van der Waals surface area contributed by atoms with Crippen molar-refractivity contribution in [2.75, 3.05) is 0 Å². The molecular weight excluding hydrogens is 449 g/mol. The molecule has 5 rings (SSSR count). The lowest BCUT2D eigenvalue weighted by atomic mass is 9.67. The fraction of sp³-hybridized carbons (Fsp3) is 0.0833. The highest BCUT2D eigenvalue weighted by Crippen LogP contribution is 2.47. The zero-order valence-corrected chi connectivity index (χ0v) is 19.0. The lowest BCUT2D eigenvalue weighted by molar-refractivity contribution is -0.125. The van der Waals surface area contributed by atoms with Gasteiger partial charge in [-0.05, 0) is 63.9 Å². The van der Waals surface area contributed by atoms with Crippen molar-refractivity contribution >= 4 is 83.2 Å². The summed E-state index contributed by atoms with van der Waals surface area (Å²) in [4.78, 5) is 16.3. The minimum atomic E-state index is -0.951. The fourth-order valence-corrected chi connectivity index (χ4v) is 5.37. The monoisotopic (exact) mass is 464 g/mol. The number of thiocarbonyl (C=S) groups is 1. The molecule has 30 heavy (non-hydrogen) atoms. The van der Waals surface area contributed by atoms with E-state index in [-0.39, 0.29) is 5.78 Å². The summed E-state index contributed by atoms with van der Waals surface area (Å²) >= 11 is 18.9. The number of ketones is 1. The zero-order valence-electron chi connectivity index (χ0n) is 15.5. The summed E-state index contributed by atoms with van der Waals surface area (Å²) < 4.78 is 0. The maximum absolute atomic E-state index is 13.4. The average molecular weight is 465 g/mol.